The van der Waals surface area contributed by atoms with Crippen molar-refractivity contribution in [1.29, 1.82) is 0 Å². The lowest BCUT2D eigenvalue weighted by Crippen LogP contribution is -2.53. The van der Waals surface area contributed by atoms with Gasteiger partial charge in [0.15, 0.2) is 5.01 Å². The Balaban J connectivity index is 0.00000259. The summed E-state index contributed by atoms with van der Waals surface area (Å²) in [7, 11) is 2.09. The highest BCUT2D eigenvalue weighted by atomic mass is 35.5. The predicted octanol–water partition coefficient (Wildman–Crippen LogP) is 3.81. The van der Waals surface area contributed by atoms with Crippen molar-refractivity contribution in [2.75, 3.05) is 13.6 Å². The normalized spacial score (nSPS) is 20.7. The van der Waals surface area contributed by atoms with Crippen molar-refractivity contribution < 1.29 is 9.59 Å². The number of nitrogens with one attached hydrogen (secondary N) is 3. The Bertz CT molecular complexity index is 1170. The summed E-state index contributed by atoms with van der Waals surface area (Å²) in [4.78, 5) is 37.2. The third-order valence-corrected chi connectivity index (χ3v) is 7.62. The van der Waals surface area contributed by atoms with E-state index >= 15 is 0 Å². The Morgan fingerprint density at radius 1 is 1.12 bits per heavy atom. The number of nitrogens with zero attached hydrogens (tertiary/aromatic N) is 2. The number of amides is 2. The first-order valence-corrected chi connectivity index (χ1v) is 12.2. The van der Waals surface area contributed by atoms with Gasteiger partial charge < -0.3 is 20.5 Å². The second-order valence-electron chi connectivity index (χ2n) is 9.09. The third-order valence-electron chi connectivity index (χ3n) is 6.54. The number of carbonyl (C=O) groups is 2. The lowest BCUT2D eigenvalue weighted by Gasteiger charge is -2.32. The van der Waals surface area contributed by atoms with Gasteiger partial charge in [-0.1, -0.05) is 24.5 Å². The summed E-state index contributed by atoms with van der Waals surface area (Å²) < 4.78 is 0. The van der Waals surface area contributed by atoms with Crippen LogP contribution in [0.1, 0.15) is 62.1 Å². The third kappa shape index (κ3) is 5.08. The lowest BCUT2D eigenvalue weighted by atomic mass is 9.90. The fourth-order valence-corrected chi connectivity index (χ4v) is 5.84. The molecular weight excluding hydrogens is 458 g/mol. The van der Waals surface area contributed by atoms with Gasteiger partial charge in [-0.3, -0.25) is 9.59 Å². The van der Waals surface area contributed by atoms with E-state index in [1.807, 2.05) is 25.1 Å². The van der Waals surface area contributed by atoms with Gasteiger partial charge in [0.1, 0.15) is 5.69 Å². The predicted molar refractivity (Wildman–Crippen MR) is 133 cm³/mol. The fourth-order valence-electron chi connectivity index (χ4n) is 4.75. The van der Waals surface area contributed by atoms with Crippen molar-refractivity contribution >= 4 is 46.5 Å². The quantitative estimate of drug-likeness (QED) is 0.522. The standard InChI is InChI=1S/C24H29N5O2S.ClH/c1-14-7-8-16-15(11-14)12-20(25-16)22(30)26-17-5-3-4-6-18(17)27-23(31)24-28-19-9-10-29(2)13-21(19)32-24;/h7-8,11-12,17-18,25H,3-6,9-10,13H2,1-2H3,(H,26,30)(H,27,31);1H/t17-,18+;/m1./s1. The number of H-pyrrole nitrogens is 1. The van der Waals surface area contributed by atoms with Crippen LogP contribution in [0.4, 0.5) is 0 Å². The molecule has 176 valence electrons. The zero-order chi connectivity index (χ0) is 22.2. The summed E-state index contributed by atoms with van der Waals surface area (Å²) in [6.45, 7) is 3.87. The van der Waals surface area contributed by atoms with E-state index in [4.69, 9.17) is 0 Å². The van der Waals surface area contributed by atoms with E-state index in [1.165, 1.54) is 16.2 Å². The molecule has 2 aromatic heterocycles. The van der Waals surface area contributed by atoms with Crippen molar-refractivity contribution in [3.05, 3.63) is 51.1 Å². The molecular formula is C24H30ClN5O2S. The summed E-state index contributed by atoms with van der Waals surface area (Å²) in [5.41, 5.74) is 3.72. The van der Waals surface area contributed by atoms with Crippen LogP contribution in [0.15, 0.2) is 24.3 Å². The summed E-state index contributed by atoms with van der Waals surface area (Å²) in [6, 6.07) is 7.81. The number of hydrogen-bond donors (Lipinski definition) is 3. The van der Waals surface area contributed by atoms with Crippen LogP contribution < -0.4 is 10.6 Å². The van der Waals surface area contributed by atoms with Gasteiger partial charge in [0, 0.05) is 47.4 Å². The van der Waals surface area contributed by atoms with Gasteiger partial charge >= 0.3 is 0 Å². The summed E-state index contributed by atoms with van der Waals surface area (Å²) >= 11 is 1.49. The molecule has 3 N–H and O–H groups in total. The molecule has 1 aromatic carbocycles. The van der Waals surface area contributed by atoms with E-state index in [2.05, 4.69) is 38.6 Å². The topological polar surface area (TPSA) is 90.1 Å². The molecule has 2 atom stereocenters. The monoisotopic (exact) mass is 487 g/mol. The average molecular weight is 488 g/mol. The van der Waals surface area contributed by atoms with Crippen LogP contribution in [0.2, 0.25) is 0 Å². The molecule has 3 aromatic rings. The average Bonchev–Trinajstić information content (AvgIpc) is 3.38. The minimum Gasteiger partial charge on any atom is -0.351 e. The number of aryl methyl sites for hydroxylation is 1. The number of benzene rings is 1. The number of fused-ring (bicyclic) bond motifs is 2. The van der Waals surface area contributed by atoms with Crippen LogP contribution in [-0.2, 0) is 13.0 Å². The summed E-state index contributed by atoms with van der Waals surface area (Å²) in [5.74, 6) is -0.253. The molecule has 1 aliphatic heterocycles. The minimum absolute atomic E-state index is 0. The number of aromatic amines is 1. The minimum atomic E-state index is -0.127. The molecule has 7 nitrogen and oxygen atoms in total. The Morgan fingerprint density at radius 3 is 2.61 bits per heavy atom. The number of aromatic nitrogens is 2. The first-order chi connectivity index (χ1) is 15.5. The van der Waals surface area contributed by atoms with Crippen molar-refractivity contribution in [3.8, 4) is 0 Å². The van der Waals surface area contributed by atoms with Crippen molar-refractivity contribution in [2.45, 2.75) is 57.7 Å². The molecule has 1 saturated carbocycles. The molecule has 2 aliphatic rings. The second kappa shape index (κ2) is 9.83. The van der Waals surface area contributed by atoms with E-state index in [0.29, 0.717) is 10.7 Å². The Morgan fingerprint density at radius 2 is 1.85 bits per heavy atom. The maximum atomic E-state index is 13.0. The van der Waals surface area contributed by atoms with Gasteiger partial charge in [-0.25, -0.2) is 4.98 Å². The molecule has 0 saturated heterocycles. The smallest absolute Gasteiger partial charge is 0.280 e. The van der Waals surface area contributed by atoms with E-state index < -0.39 is 0 Å². The van der Waals surface area contributed by atoms with Crippen LogP contribution in [0.5, 0.6) is 0 Å². The first-order valence-electron chi connectivity index (χ1n) is 11.3. The van der Waals surface area contributed by atoms with Crippen LogP contribution in [0, 0.1) is 6.92 Å². The number of likely N-dealkylation sites (N-methyl/N-ethyl adjacent to an activating group) is 1. The van der Waals surface area contributed by atoms with Crippen LogP contribution in [0.25, 0.3) is 10.9 Å². The largest absolute Gasteiger partial charge is 0.351 e. The zero-order valence-electron chi connectivity index (χ0n) is 18.9. The van der Waals surface area contributed by atoms with E-state index in [-0.39, 0.29) is 36.3 Å². The highest BCUT2D eigenvalue weighted by Gasteiger charge is 2.30. The molecule has 0 radical (unpaired) electrons. The summed E-state index contributed by atoms with van der Waals surface area (Å²) in [6.07, 6.45) is 4.69. The SMILES string of the molecule is Cc1ccc2[nH]c(C(=O)N[C@@H]3CCCC[C@@H]3NC(=O)c3nc4c(s3)CN(C)CC4)cc2c1.Cl. The second-order valence-corrected chi connectivity index (χ2v) is 10.2. The molecule has 2 amide bonds. The van der Waals surface area contributed by atoms with E-state index in [0.717, 1.165) is 67.4 Å². The molecule has 0 bridgehead atoms. The lowest BCUT2D eigenvalue weighted by molar-refractivity contribution is 0.0860. The number of halogens is 1. The van der Waals surface area contributed by atoms with Crippen LogP contribution >= 0.6 is 23.7 Å². The molecule has 0 spiro atoms. The number of hydrogen-bond acceptors (Lipinski definition) is 5. The molecule has 1 fully saturated rings. The van der Waals surface area contributed by atoms with Gasteiger partial charge in [-0.2, -0.15) is 0 Å². The van der Waals surface area contributed by atoms with Crippen molar-refractivity contribution in [3.63, 3.8) is 0 Å². The molecule has 3 heterocycles. The van der Waals surface area contributed by atoms with Crippen molar-refractivity contribution in [2.24, 2.45) is 0 Å². The maximum Gasteiger partial charge on any atom is 0.280 e. The number of thiazole rings is 1. The fraction of sp³-hybridized carbons (Fsp3) is 0.458. The Hall–Kier alpha value is -2.42. The Kier molecular flexibility index (Phi) is 7.07. The van der Waals surface area contributed by atoms with Crippen LogP contribution in [-0.4, -0.2) is 52.4 Å². The highest BCUT2D eigenvalue weighted by molar-refractivity contribution is 7.13. The van der Waals surface area contributed by atoms with Gasteiger partial charge in [0.05, 0.1) is 5.69 Å². The van der Waals surface area contributed by atoms with Gasteiger partial charge in [0.25, 0.3) is 11.8 Å². The molecule has 5 rings (SSSR count). The maximum absolute atomic E-state index is 13.0. The van der Waals surface area contributed by atoms with Gasteiger partial charge in [-0.05, 0) is 45.0 Å². The molecule has 9 heteroatoms. The number of carbonyl (C=O) groups excluding carboxylic acids is 2. The highest BCUT2D eigenvalue weighted by Crippen LogP contribution is 2.26. The molecule has 1 aliphatic carbocycles. The van der Waals surface area contributed by atoms with E-state index in [9.17, 15) is 9.59 Å². The van der Waals surface area contributed by atoms with Gasteiger partial charge in [-0.15, -0.1) is 23.7 Å². The first kappa shape index (κ1) is 23.7. The summed E-state index contributed by atoms with van der Waals surface area (Å²) in [5, 5.41) is 7.89. The van der Waals surface area contributed by atoms with Gasteiger partial charge in [0.2, 0.25) is 0 Å². The molecule has 0 unspecified atom stereocenters. The Labute approximate surface area is 203 Å². The molecule has 33 heavy (non-hydrogen) atoms. The van der Waals surface area contributed by atoms with E-state index in [1.54, 1.807) is 0 Å². The van der Waals surface area contributed by atoms with Crippen LogP contribution in [0.3, 0.4) is 0 Å². The van der Waals surface area contributed by atoms with Crippen molar-refractivity contribution in [1.82, 2.24) is 25.5 Å². The zero-order valence-corrected chi connectivity index (χ0v) is 20.6. The number of rotatable bonds is 4.